The van der Waals surface area contributed by atoms with Crippen LogP contribution in [0.1, 0.15) is 30.5 Å². The summed E-state index contributed by atoms with van der Waals surface area (Å²) in [4.78, 5) is 4.41. The number of hydrogen-bond donors (Lipinski definition) is 1. The highest BCUT2D eigenvalue weighted by Crippen LogP contribution is 2.21. The molecule has 0 amide bonds. The minimum atomic E-state index is 0.693. The summed E-state index contributed by atoms with van der Waals surface area (Å²) in [5.41, 5.74) is 2.58. The molecule has 2 heterocycles. The van der Waals surface area contributed by atoms with E-state index in [1.165, 1.54) is 17.7 Å². The summed E-state index contributed by atoms with van der Waals surface area (Å²) in [6.07, 6.45) is 4.33. The lowest BCUT2D eigenvalue weighted by Crippen LogP contribution is -2.08. The number of nitrogens with one attached hydrogen (secondary N) is 1. The van der Waals surface area contributed by atoms with Gasteiger partial charge < -0.3 is 5.32 Å². The molecule has 1 aromatic heterocycles. The van der Waals surface area contributed by atoms with Crippen LogP contribution in [0.4, 0.5) is 0 Å². The summed E-state index contributed by atoms with van der Waals surface area (Å²) in [6.45, 7) is 4.41. The first-order valence-corrected chi connectivity index (χ1v) is 5.05. The van der Waals surface area contributed by atoms with E-state index in [1.54, 1.807) is 0 Å². The summed E-state index contributed by atoms with van der Waals surface area (Å²) in [5.74, 6) is 0.693. The zero-order chi connectivity index (χ0) is 9.10. The number of aryl methyl sites for hydroxylation is 1. The van der Waals surface area contributed by atoms with Crippen molar-refractivity contribution in [3.8, 4) is 0 Å². The SMILES string of the molecule is CCc1ccc(C2CCNC2)cn1. The molecular formula is C11H16N2. The molecule has 1 aromatic rings. The van der Waals surface area contributed by atoms with Gasteiger partial charge in [-0.25, -0.2) is 0 Å². The maximum atomic E-state index is 4.41. The molecule has 13 heavy (non-hydrogen) atoms. The van der Waals surface area contributed by atoms with E-state index in [2.05, 4.69) is 29.4 Å². The van der Waals surface area contributed by atoms with Gasteiger partial charge in [0.15, 0.2) is 0 Å². The largest absolute Gasteiger partial charge is 0.316 e. The summed E-state index contributed by atoms with van der Waals surface area (Å²) in [5, 5.41) is 3.37. The van der Waals surface area contributed by atoms with E-state index in [9.17, 15) is 0 Å². The fraction of sp³-hybridized carbons (Fsp3) is 0.545. The molecule has 1 aliphatic heterocycles. The molecule has 0 bridgehead atoms. The third kappa shape index (κ3) is 1.89. The molecule has 2 heteroatoms. The smallest absolute Gasteiger partial charge is 0.0401 e. The molecule has 0 radical (unpaired) electrons. The van der Waals surface area contributed by atoms with Gasteiger partial charge in [-0.05, 0) is 36.9 Å². The van der Waals surface area contributed by atoms with Gasteiger partial charge in [0.1, 0.15) is 0 Å². The Hall–Kier alpha value is -0.890. The van der Waals surface area contributed by atoms with Crippen molar-refractivity contribution in [3.63, 3.8) is 0 Å². The van der Waals surface area contributed by atoms with Crippen LogP contribution in [-0.2, 0) is 6.42 Å². The monoisotopic (exact) mass is 176 g/mol. The van der Waals surface area contributed by atoms with Crippen LogP contribution in [0.5, 0.6) is 0 Å². The molecule has 0 aliphatic carbocycles. The Morgan fingerprint density at radius 2 is 2.46 bits per heavy atom. The van der Waals surface area contributed by atoms with Crippen LogP contribution in [0.15, 0.2) is 18.3 Å². The standard InChI is InChI=1S/C11H16N2/c1-2-11-4-3-9(8-13-11)10-5-6-12-7-10/h3-4,8,10,12H,2,5-7H2,1H3. The summed E-state index contributed by atoms with van der Waals surface area (Å²) >= 11 is 0. The average molecular weight is 176 g/mol. The Morgan fingerprint density at radius 3 is 3.00 bits per heavy atom. The van der Waals surface area contributed by atoms with E-state index in [1.807, 2.05) is 6.20 Å². The van der Waals surface area contributed by atoms with Gasteiger partial charge in [0.2, 0.25) is 0 Å². The van der Waals surface area contributed by atoms with Gasteiger partial charge in [0.05, 0.1) is 0 Å². The van der Waals surface area contributed by atoms with Crippen LogP contribution in [-0.4, -0.2) is 18.1 Å². The van der Waals surface area contributed by atoms with Crippen molar-refractivity contribution < 1.29 is 0 Å². The first kappa shape index (κ1) is 8.70. The molecule has 1 aliphatic rings. The van der Waals surface area contributed by atoms with Crippen molar-refractivity contribution in [2.75, 3.05) is 13.1 Å². The van der Waals surface area contributed by atoms with Gasteiger partial charge in [0.25, 0.3) is 0 Å². The van der Waals surface area contributed by atoms with Crippen LogP contribution in [0, 0.1) is 0 Å². The quantitative estimate of drug-likeness (QED) is 0.742. The first-order chi connectivity index (χ1) is 6.40. The van der Waals surface area contributed by atoms with Gasteiger partial charge in [-0.3, -0.25) is 4.98 Å². The molecule has 1 fully saturated rings. The maximum Gasteiger partial charge on any atom is 0.0401 e. The van der Waals surface area contributed by atoms with Gasteiger partial charge in [0, 0.05) is 18.4 Å². The van der Waals surface area contributed by atoms with Crippen molar-refractivity contribution in [3.05, 3.63) is 29.6 Å². The molecule has 1 saturated heterocycles. The molecule has 0 spiro atoms. The van der Waals surface area contributed by atoms with E-state index in [4.69, 9.17) is 0 Å². The Balaban J connectivity index is 2.12. The third-order valence-electron chi connectivity index (χ3n) is 2.74. The highest BCUT2D eigenvalue weighted by atomic mass is 14.9. The van der Waals surface area contributed by atoms with Crippen molar-refractivity contribution in [1.82, 2.24) is 10.3 Å². The number of hydrogen-bond acceptors (Lipinski definition) is 2. The molecule has 2 rings (SSSR count). The highest BCUT2D eigenvalue weighted by Gasteiger charge is 2.16. The van der Waals surface area contributed by atoms with Crippen molar-refractivity contribution in [2.45, 2.75) is 25.7 Å². The van der Waals surface area contributed by atoms with E-state index in [0.717, 1.165) is 19.5 Å². The number of aromatic nitrogens is 1. The second-order valence-corrected chi connectivity index (χ2v) is 3.63. The highest BCUT2D eigenvalue weighted by molar-refractivity contribution is 5.19. The van der Waals surface area contributed by atoms with Crippen molar-refractivity contribution in [2.24, 2.45) is 0 Å². The number of pyridine rings is 1. The van der Waals surface area contributed by atoms with Crippen molar-refractivity contribution in [1.29, 1.82) is 0 Å². The lowest BCUT2D eigenvalue weighted by atomic mass is 10.0. The fourth-order valence-corrected chi connectivity index (χ4v) is 1.83. The van der Waals surface area contributed by atoms with Crippen LogP contribution in [0.25, 0.3) is 0 Å². The molecule has 2 nitrogen and oxygen atoms in total. The van der Waals surface area contributed by atoms with Crippen LogP contribution >= 0.6 is 0 Å². The molecule has 0 saturated carbocycles. The zero-order valence-corrected chi connectivity index (χ0v) is 8.09. The van der Waals surface area contributed by atoms with E-state index < -0.39 is 0 Å². The Kier molecular flexibility index (Phi) is 2.60. The predicted molar refractivity (Wildman–Crippen MR) is 53.8 cm³/mol. The second kappa shape index (κ2) is 3.88. The summed E-state index contributed by atoms with van der Waals surface area (Å²) < 4.78 is 0. The molecule has 1 N–H and O–H groups in total. The Morgan fingerprint density at radius 1 is 1.54 bits per heavy atom. The molecule has 1 unspecified atom stereocenters. The van der Waals surface area contributed by atoms with Gasteiger partial charge in [-0.1, -0.05) is 13.0 Å². The third-order valence-corrected chi connectivity index (χ3v) is 2.74. The normalized spacial score (nSPS) is 22.1. The van der Waals surface area contributed by atoms with Crippen LogP contribution in [0.2, 0.25) is 0 Å². The maximum absolute atomic E-state index is 4.41. The minimum absolute atomic E-state index is 0.693. The predicted octanol–water partition coefficient (Wildman–Crippen LogP) is 1.72. The van der Waals surface area contributed by atoms with Gasteiger partial charge in [-0.15, -0.1) is 0 Å². The van der Waals surface area contributed by atoms with Crippen molar-refractivity contribution >= 4 is 0 Å². The Labute approximate surface area is 79.4 Å². The second-order valence-electron chi connectivity index (χ2n) is 3.63. The average Bonchev–Trinajstić information content (AvgIpc) is 2.71. The lowest BCUT2D eigenvalue weighted by Gasteiger charge is -2.07. The number of nitrogens with zero attached hydrogens (tertiary/aromatic N) is 1. The van der Waals surface area contributed by atoms with Crippen LogP contribution in [0.3, 0.4) is 0 Å². The summed E-state index contributed by atoms with van der Waals surface area (Å²) in [7, 11) is 0. The lowest BCUT2D eigenvalue weighted by molar-refractivity contribution is 0.756. The Bertz CT molecular complexity index is 260. The molecule has 1 atom stereocenters. The van der Waals surface area contributed by atoms with E-state index in [-0.39, 0.29) is 0 Å². The molecule has 0 aromatic carbocycles. The fourth-order valence-electron chi connectivity index (χ4n) is 1.83. The van der Waals surface area contributed by atoms with Gasteiger partial charge >= 0.3 is 0 Å². The van der Waals surface area contributed by atoms with Crippen LogP contribution < -0.4 is 5.32 Å². The topological polar surface area (TPSA) is 24.9 Å². The minimum Gasteiger partial charge on any atom is -0.316 e. The first-order valence-electron chi connectivity index (χ1n) is 5.05. The van der Waals surface area contributed by atoms with Gasteiger partial charge in [-0.2, -0.15) is 0 Å². The number of rotatable bonds is 2. The van der Waals surface area contributed by atoms with E-state index in [0.29, 0.717) is 5.92 Å². The molecular weight excluding hydrogens is 160 g/mol. The summed E-state index contributed by atoms with van der Waals surface area (Å²) in [6, 6.07) is 4.37. The molecule has 70 valence electrons. The zero-order valence-electron chi connectivity index (χ0n) is 8.09. The van der Waals surface area contributed by atoms with E-state index >= 15 is 0 Å².